The molecule has 1 aromatic rings. The van der Waals surface area contributed by atoms with Crippen molar-refractivity contribution in [1.82, 2.24) is 15.1 Å². The number of aryl methyl sites for hydroxylation is 1. The summed E-state index contributed by atoms with van der Waals surface area (Å²) in [5.41, 5.74) is 2.34. The highest BCUT2D eigenvalue weighted by molar-refractivity contribution is 14.0. The molecule has 0 aromatic heterocycles. The quantitative estimate of drug-likeness (QED) is 0.386. The van der Waals surface area contributed by atoms with Crippen molar-refractivity contribution >= 4 is 41.5 Å². The molecule has 29 heavy (non-hydrogen) atoms. The van der Waals surface area contributed by atoms with Gasteiger partial charge in [0.25, 0.3) is 0 Å². The third-order valence-electron chi connectivity index (χ3n) is 6.39. The van der Waals surface area contributed by atoms with E-state index in [1.807, 2.05) is 18.0 Å². The largest absolute Gasteiger partial charge is 0.347 e. The number of amides is 1. The maximum atomic E-state index is 12.9. The fourth-order valence-corrected chi connectivity index (χ4v) is 4.89. The highest BCUT2D eigenvalue weighted by Gasteiger charge is 2.30. The molecule has 2 fully saturated rings. The Labute approximate surface area is 191 Å². The van der Waals surface area contributed by atoms with Gasteiger partial charge >= 0.3 is 0 Å². The van der Waals surface area contributed by atoms with E-state index in [0.717, 1.165) is 44.1 Å². The van der Waals surface area contributed by atoms with Crippen LogP contribution in [0.5, 0.6) is 0 Å². The van der Waals surface area contributed by atoms with E-state index in [1.54, 1.807) is 0 Å². The minimum absolute atomic E-state index is 0. The number of carbonyl (C=O) groups excluding carboxylic acids is 1. The molecule has 0 aliphatic carbocycles. The van der Waals surface area contributed by atoms with Gasteiger partial charge in [-0.1, -0.05) is 24.6 Å². The van der Waals surface area contributed by atoms with E-state index in [4.69, 9.17) is 0 Å². The summed E-state index contributed by atoms with van der Waals surface area (Å²) in [6, 6.07) is 8.89. The fraction of sp³-hybridized carbons (Fsp3) is 0.636. The standard InChI is InChI=1S/C22H33N5O.HI/c1-23-22(26-15-11-19(17-26)25-12-5-2-6-13-25)24-16-21(28)27-14-7-9-18-8-3-4-10-20(18)27;/h3-4,8,10,19H,2,5-7,9,11-17H2,1H3,(H,23,24);1H. The Kier molecular flexibility index (Phi) is 8.17. The molecular formula is C22H34IN5O. The highest BCUT2D eigenvalue weighted by atomic mass is 127. The molecular weight excluding hydrogens is 477 g/mol. The van der Waals surface area contributed by atoms with E-state index < -0.39 is 0 Å². The molecule has 1 amide bonds. The zero-order chi connectivity index (χ0) is 19.3. The van der Waals surface area contributed by atoms with Crippen molar-refractivity contribution in [1.29, 1.82) is 0 Å². The Hall–Kier alpha value is -1.35. The smallest absolute Gasteiger partial charge is 0.246 e. The summed E-state index contributed by atoms with van der Waals surface area (Å²) in [6.45, 7) is 5.60. The van der Waals surface area contributed by atoms with Gasteiger partial charge in [-0.05, 0) is 56.8 Å². The van der Waals surface area contributed by atoms with Gasteiger partial charge in [0.2, 0.25) is 5.91 Å². The molecule has 0 bridgehead atoms. The molecule has 3 heterocycles. The zero-order valence-electron chi connectivity index (χ0n) is 17.5. The summed E-state index contributed by atoms with van der Waals surface area (Å²) < 4.78 is 0. The monoisotopic (exact) mass is 511 g/mol. The summed E-state index contributed by atoms with van der Waals surface area (Å²) in [5.74, 6) is 0.984. The van der Waals surface area contributed by atoms with Gasteiger partial charge in [0, 0.05) is 38.4 Å². The van der Waals surface area contributed by atoms with Crippen LogP contribution in [0.2, 0.25) is 0 Å². The number of fused-ring (bicyclic) bond motifs is 1. The van der Waals surface area contributed by atoms with Crippen LogP contribution in [-0.2, 0) is 11.2 Å². The fourth-order valence-electron chi connectivity index (χ4n) is 4.89. The minimum atomic E-state index is 0. The van der Waals surface area contributed by atoms with Crippen LogP contribution >= 0.6 is 24.0 Å². The molecule has 0 spiro atoms. The first-order chi connectivity index (χ1) is 13.8. The molecule has 1 N–H and O–H groups in total. The first-order valence-corrected chi connectivity index (χ1v) is 10.8. The van der Waals surface area contributed by atoms with Crippen LogP contribution in [0.25, 0.3) is 0 Å². The third kappa shape index (κ3) is 5.23. The van der Waals surface area contributed by atoms with Gasteiger partial charge in [0.1, 0.15) is 0 Å². The average molecular weight is 511 g/mol. The van der Waals surface area contributed by atoms with E-state index >= 15 is 0 Å². The van der Waals surface area contributed by atoms with Crippen molar-refractivity contribution in [3.63, 3.8) is 0 Å². The van der Waals surface area contributed by atoms with Crippen molar-refractivity contribution in [2.45, 2.75) is 44.6 Å². The molecule has 160 valence electrons. The normalized spacial score (nSPS) is 22.8. The molecule has 6 nitrogen and oxygen atoms in total. The average Bonchev–Trinajstić information content (AvgIpc) is 3.24. The maximum Gasteiger partial charge on any atom is 0.246 e. The van der Waals surface area contributed by atoms with Crippen LogP contribution in [0.4, 0.5) is 5.69 Å². The molecule has 3 aliphatic rings. The number of piperidine rings is 1. The van der Waals surface area contributed by atoms with E-state index in [1.165, 1.54) is 44.3 Å². The zero-order valence-corrected chi connectivity index (χ0v) is 19.8. The second-order valence-corrected chi connectivity index (χ2v) is 8.16. The number of nitrogens with zero attached hydrogens (tertiary/aromatic N) is 4. The Morgan fingerprint density at radius 1 is 1.10 bits per heavy atom. The summed E-state index contributed by atoms with van der Waals surface area (Å²) >= 11 is 0. The van der Waals surface area contributed by atoms with Gasteiger partial charge < -0.3 is 15.1 Å². The highest BCUT2D eigenvalue weighted by Crippen LogP contribution is 2.26. The lowest BCUT2D eigenvalue weighted by molar-refractivity contribution is -0.117. The lowest BCUT2D eigenvalue weighted by Crippen LogP contribution is -2.48. The number of rotatable bonds is 3. The molecule has 1 unspecified atom stereocenters. The van der Waals surface area contributed by atoms with Crippen LogP contribution in [0.3, 0.4) is 0 Å². The van der Waals surface area contributed by atoms with Crippen LogP contribution in [-0.4, -0.2) is 74.0 Å². The molecule has 2 saturated heterocycles. The summed E-state index contributed by atoms with van der Waals surface area (Å²) in [5, 5.41) is 3.33. The van der Waals surface area contributed by atoms with E-state index in [0.29, 0.717) is 12.6 Å². The van der Waals surface area contributed by atoms with Crippen molar-refractivity contribution in [2.24, 2.45) is 4.99 Å². The molecule has 1 aromatic carbocycles. The number of guanidine groups is 1. The Morgan fingerprint density at radius 2 is 1.90 bits per heavy atom. The van der Waals surface area contributed by atoms with Crippen LogP contribution in [0.15, 0.2) is 29.3 Å². The molecule has 0 radical (unpaired) electrons. The number of nitrogens with one attached hydrogen (secondary N) is 1. The second-order valence-electron chi connectivity index (χ2n) is 8.16. The van der Waals surface area contributed by atoms with E-state index in [9.17, 15) is 4.79 Å². The van der Waals surface area contributed by atoms with Gasteiger partial charge in [-0.25, -0.2) is 0 Å². The predicted octanol–water partition coefficient (Wildman–Crippen LogP) is 2.72. The van der Waals surface area contributed by atoms with Crippen molar-refractivity contribution in [2.75, 3.05) is 51.2 Å². The summed E-state index contributed by atoms with van der Waals surface area (Å²) in [4.78, 5) is 24.2. The number of hydrogen-bond acceptors (Lipinski definition) is 3. The van der Waals surface area contributed by atoms with Crippen LogP contribution < -0.4 is 10.2 Å². The second kappa shape index (κ2) is 10.6. The lowest BCUT2D eigenvalue weighted by Gasteiger charge is -2.32. The molecule has 4 rings (SSSR count). The minimum Gasteiger partial charge on any atom is -0.347 e. The van der Waals surface area contributed by atoms with Gasteiger partial charge in [-0.15, -0.1) is 24.0 Å². The molecule has 7 heteroatoms. The molecule has 3 aliphatic heterocycles. The van der Waals surface area contributed by atoms with Gasteiger partial charge in [0.15, 0.2) is 5.96 Å². The number of hydrogen-bond donors (Lipinski definition) is 1. The first kappa shape index (κ1) is 22.3. The number of para-hydroxylation sites is 1. The van der Waals surface area contributed by atoms with E-state index in [2.05, 4.69) is 38.3 Å². The summed E-state index contributed by atoms with van der Waals surface area (Å²) in [7, 11) is 1.82. The number of aliphatic imine (C=N–C) groups is 1. The van der Waals surface area contributed by atoms with Crippen molar-refractivity contribution in [3.05, 3.63) is 29.8 Å². The predicted molar refractivity (Wildman–Crippen MR) is 129 cm³/mol. The van der Waals surface area contributed by atoms with Gasteiger partial charge in [-0.3, -0.25) is 14.7 Å². The van der Waals surface area contributed by atoms with Gasteiger partial charge in [-0.2, -0.15) is 0 Å². The lowest BCUT2D eigenvalue weighted by atomic mass is 10.0. The topological polar surface area (TPSA) is 51.2 Å². The molecule has 0 saturated carbocycles. The maximum absolute atomic E-state index is 12.9. The van der Waals surface area contributed by atoms with Crippen molar-refractivity contribution < 1.29 is 4.79 Å². The van der Waals surface area contributed by atoms with Crippen LogP contribution in [0.1, 0.15) is 37.7 Å². The van der Waals surface area contributed by atoms with Crippen LogP contribution in [0, 0.1) is 0 Å². The van der Waals surface area contributed by atoms with E-state index in [-0.39, 0.29) is 29.9 Å². The summed E-state index contributed by atoms with van der Waals surface area (Å²) in [6.07, 6.45) is 7.30. The number of benzene rings is 1. The molecule has 1 atom stereocenters. The van der Waals surface area contributed by atoms with Gasteiger partial charge in [0.05, 0.1) is 6.54 Å². The number of likely N-dealkylation sites (tertiary alicyclic amines) is 2. The SMILES string of the molecule is CN=C(NCC(=O)N1CCCc2ccccc21)N1CCC(N2CCCCC2)C1.I. The first-order valence-electron chi connectivity index (χ1n) is 10.8. The Morgan fingerprint density at radius 3 is 2.69 bits per heavy atom. The third-order valence-corrected chi connectivity index (χ3v) is 6.39. The number of carbonyl (C=O) groups is 1. The number of halogens is 1. The Balaban J connectivity index is 0.00000240. The number of anilines is 1. The Bertz CT molecular complexity index is 719. The van der Waals surface area contributed by atoms with Crippen molar-refractivity contribution in [3.8, 4) is 0 Å².